The largest absolute Gasteiger partial charge is 0.353 e. The summed E-state index contributed by atoms with van der Waals surface area (Å²) in [5.41, 5.74) is 3.00. The molecule has 1 saturated heterocycles. The van der Waals surface area contributed by atoms with Crippen LogP contribution in [0.5, 0.6) is 0 Å². The molecule has 0 spiro atoms. The van der Waals surface area contributed by atoms with E-state index in [-0.39, 0.29) is 0 Å². The van der Waals surface area contributed by atoms with Gasteiger partial charge in [0.2, 0.25) is 0 Å². The minimum absolute atomic E-state index is 0.906. The van der Waals surface area contributed by atoms with Gasteiger partial charge in [-0.3, -0.25) is 0 Å². The summed E-state index contributed by atoms with van der Waals surface area (Å²) in [6.45, 7) is 5.75. The van der Waals surface area contributed by atoms with E-state index in [0.29, 0.717) is 0 Å². The minimum atomic E-state index is 0.906. The Hall–Kier alpha value is -3.15. The van der Waals surface area contributed by atoms with Gasteiger partial charge in [0.05, 0.1) is 11.2 Å². The topological polar surface area (TPSA) is 49.6 Å². The predicted molar refractivity (Wildman–Crippen MR) is 104 cm³/mol. The monoisotopic (exact) mass is 344 g/mol. The summed E-state index contributed by atoms with van der Waals surface area (Å²) in [6.07, 6.45) is 1.85. The standard InChI is InChI=1S/C20H20N6/c1-15-14-19-22-20(16-6-2-3-7-17(16)26(19)23-15)25-12-10-24(11-13-25)18-8-4-5-9-21-18/h2-9,14H,10-13H2,1H3. The van der Waals surface area contributed by atoms with Gasteiger partial charge in [-0.15, -0.1) is 0 Å². The van der Waals surface area contributed by atoms with E-state index in [0.717, 1.165) is 60.1 Å². The lowest BCUT2D eigenvalue weighted by Gasteiger charge is -2.36. The molecular formula is C20H20N6. The molecule has 1 aliphatic rings. The average Bonchev–Trinajstić information content (AvgIpc) is 3.09. The van der Waals surface area contributed by atoms with E-state index in [4.69, 9.17) is 4.98 Å². The molecule has 6 nitrogen and oxygen atoms in total. The molecule has 5 rings (SSSR count). The summed E-state index contributed by atoms with van der Waals surface area (Å²) >= 11 is 0. The second-order valence-electron chi connectivity index (χ2n) is 6.67. The van der Waals surface area contributed by atoms with Crippen molar-refractivity contribution in [3.05, 3.63) is 60.4 Å². The van der Waals surface area contributed by atoms with Crippen molar-refractivity contribution in [2.75, 3.05) is 36.0 Å². The van der Waals surface area contributed by atoms with Gasteiger partial charge in [-0.2, -0.15) is 5.10 Å². The molecule has 0 N–H and O–H groups in total. The Balaban J connectivity index is 1.51. The number of pyridine rings is 1. The maximum absolute atomic E-state index is 4.94. The normalized spacial score (nSPS) is 15.1. The number of benzene rings is 1. The highest BCUT2D eigenvalue weighted by molar-refractivity contribution is 5.91. The number of hydrogen-bond acceptors (Lipinski definition) is 5. The van der Waals surface area contributed by atoms with Gasteiger partial charge < -0.3 is 9.80 Å². The van der Waals surface area contributed by atoms with Crippen molar-refractivity contribution < 1.29 is 0 Å². The van der Waals surface area contributed by atoms with Crippen molar-refractivity contribution in [2.24, 2.45) is 0 Å². The molecule has 0 aliphatic carbocycles. The number of aromatic nitrogens is 4. The maximum atomic E-state index is 4.94. The molecule has 4 heterocycles. The number of hydrogen-bond donors (Lipinski definition) is 0. The van der Waals surface area contributed by atoms with Gasteiger partial charge in [0, 0.05) is 43.8 Å². The molecule has 0 atom stereocenters. The van der Waals surface area contributed by atoms with Crippen LogP contribution in [0.3, 0.4) is 0 Å². The maximum Gasteiger partial charge on any atom is 0.158 e. The van der Waals surface area contributed by atoms with Crippen LogP contribution in [0.1, 0.15) is 5.69 Å². The van der Waals surface area contributed by atoms with Gasteiger partial charge in [-0.1, -0.05) is 18.2 Å². The van der Waals surface area contributed by atoms with Crippen molar-refractivity contribution >= 4 is 28.2 Å². The van der Waals surface area contributed by atoms with E-state index in [9.17, 15) is 0 Å². The third-order valence-electron chi connectivity index (χ3n) is 4.96. The molecule has 0 radical (unpaired) electrons. The van der Waals surface area contributed by atoms with Crippen molar-refractivity contribution in [1.29, 1.82) is 0 Å². The number of aryl methyl sites for hydroxylation is 1. The quantitative estimate of drug-likeness (QED) is 0.560. The molecule has 4 aromatic rings. The van der Waals surface area contributed by atoms with Gasteiger partial charge >= 0.3 is 0 Å². The number of para-hydroxylation sites is 1. The van der Waals surface area contributed by atoms with Gasteiger partial charge in [0.1, 0.15) is 11.6 Å². The molecule has 1 aliphatic heterocycles. The zero-order chi connectivity index (χ0) is 17.5. The lowest BCUT2D eigenvalue weighted by Crippen LogP contribution is -2.47. The molecule has 0 bridgehead atoms. The van der Waals surface area contributed by atoms with E-state index in [1.165, 1.54) is 0 Å². The molecular weight excluding hydrogens is 324 g/mol. The highest BCUT2D eigenvalue weighted by Gasteiger charge is 2.21. The summed E-state index contributed by atoms with van der Waals surface area (Å²) < 4.78 is 1.94. The Labute approximate surface area is 151 Å². The van der Waals surface area contributed by atoms with E-state index in [1.807, 2.05) is 35.8 Å². The number of rotatable bonds is 2. The molecule has 26 heavy (non-hydrogen) atoms. The molecule has 0 saturated carbocycles. The molecule has 1 aromatic carbocycles. The summed E-state index contributed by atoms with van der Waals surface area (Å²) in [7, 11) is 0. The first-order valence-electron chi connectivity index (χ1n) is 8.96. The van der Waals surface area contributed by atoms with E-state index < -0.39 is 0 Å². The lowest BCUT2D eigenvalue weighted by atomic mass is 10.2. The van der Waals surface area contributed by atoms with Crippen molar-refractivity contribution in [3.63, 3.8) is 0 Å². The first-order chi connectivity index (χ1) is 12.8. The molecule has 0 unspecified atom stereocenters. The van der Waals surface area contributed by atoms with E-state index >= 15 is 0 Å². The fourth-order valence-electron chi connectivity index (χ4n) is 3.69. The summed E-state index contributed by atoms with van der Waals surface area (Å²) in [4.78, 5) is 14.1. The van der Waals surface area contributed by atoms with Crippen molar-refractivity contribution in [1.82, 2.24) is 19.6 Å². The zero-order valence-corrected chi connectivity index (χ0v) is 14.7. The third kappa shape index (κ3) is 2.45. The summed E-state index contributed by atoms with van der Waals surface area (Å²) in [5.74, 6) is 2.10. The molecule has 3 aromatic heterocycles. The fourth-order valence-corrected chi connectivity index (χ4v) is 3.69. The Morgan fingerprint density at radius 2 is 1.65 bits per heavy atom. The van der Waals surface area contributed by atoms with E-state index in [1.54, 1.807) is 0 Å². The Kier molecular flexibility index (Phi) is 3.48. The van der Waals surface area contributed by atoms with Gasteiger partial charge in [-0.25, -0.2) is 14.5 Å². The molecule has 6 heteroatoms. The number of anilines is 2. The highest BCUT2D eigenvalue weighted by atomic mass is 15.3. The Morgan fingerprint density at radius 1 is 0.885 bits per heavy atom. The van der Waals surface area contributed by atoms with Gasteiger partial charge in [0.15, 0.2) is 5.65 Å². The molecule has 130 valence electrons. The van der Waals surface area contributed by atoms with Gasteiger partial charge in [0.25, 0.3) is 0 Å². The zero-order valence-electron chi connectivity index (χ0n) is 14.7. The third-order valence-corrected chi connectivity index (χ3v) is 4.96. The number of fused-ring (bicyclic) bond motifs is 3. The summed E-state index contributed by atoms with van der Waals surface area (Å²) in [5, 5.41) is 5.75. The Morgan fingerprint density at radius 3 is 2.46 bits per heavy atom. The first kappa shape index (κ1) is 15.1. The SMILES string of the molecule is Cc1cc2nc(N3CCN(c4ccccn4)CC3)c3ccccc3n2n1. The van der Waals surface area contributed by atoms with Gasteiger partial charge in [-0.05, 0) is 31.2 Å². The first-order valence-corrected chi connectivity index (χ1v) is 8.96. The van der Waals surface area contributed by atoms with Crippen LogP contribution >= 0.6 is 0 Å². The van der Waals surface area contributed by atoms with Crippen LogP contribution in [-0.2, 0) is 0 Å². The minimum Gasteiger partial charge on any atom is -0.353 e. The molecule has 0 amide bonds. The van der Waals surface area contributed by atoms with Crippen LogP contribution in [0, 0.1) is 6.92 Å². The van der Waals surface area contributed by atoms with E-state index in [2.05, 4.69) is 50.2 Å². The molecule has 1 fully saturated rings. The second-order valence-corrected chi connectivity index (χ2v) is 6.67. The summed E-state index contributed by atoms with van der Waals surface area (Å²) in [6, 6.07) is 16.5. The smallest absolute Gasteiger partial charge is 0.158 e. The van der Waals surface area contributed by atoms with Crippen molar-refractivity contribution in [2.45, 2.75) is 6.92 Å². The van der Waals surface area contributed by atoms with Crippen LogP contribution in [0.25, 0.3) is 16.6 Å². The van der Waals surface area contributed by atoms with Crippen LogP contribution in [0.4, 0.5) is 11.6 Å². The highest BCUT2D eigenvalue weighted by Crippen LogP contribution is 2.27. The number of nitrogens with zero attached hydrogens (tertiary/aromatic N) is 6. The Bertz CT molecular complexity index is 1060. The van der Waals surface area contributed by atoms with Crippen LogP contribution < -0.4 is 9.80 Å². The number of piperazine rings is 1. The average molecular weight is 344 g/mol. The van der Waals surface area contributed by atoms with Crippen LogP contribution in [-0.4, -0.2) is 45.8 Å². The second kappa shape index (κ2) is 5.98. The fraction of sp³-hybridized carbons (Fsp3) is 0.250. The van der Waals surface area contributed by atoms with Crippen LogP contribution in [0.2, 0.25) is 0 Å². The van der Waals surface area contributed by atoms with Crippen LogP contribution in [0.15, 0.2) is 54.7 Å². The lowest BCUT2D eigenvalue weighted by molar-refractivity contribution is 0.643. The van der Waals surface area contributed by atoms with Crippen molar-refractivity contribution in [3.8, 4) is 0 Å². The predicted octanol–water partition coefficient (Wildman–Crippen LogP) is 2.91.